The number of hydrogen-bond donors (Lipinski definition) is 0. The predicted octanol–water partition coefficient (Wildman–Crippen LogP) is 2.02. The van der Waals surface area contributed by atoms with Crippen molar-refractivity contribution < 1.29 is 14.4 Å². The Morgan fingerprint density at radius 3 is 2.17 bits per heavy atom. The number of carbonyl (C=O) groups is 3. The average molecular weight is 267 g/mol. The Kier molecular flexibility index (Phi) is 2.86. The van der Waals surface area contributed by atoms with E-state index >= 15 is 0 Å². The zero-order chi connectivity index (χ0) is 13.5. The molecule has 0 unspecified atom stereocenters. The molecule has 0 radical (unpaired) electrons. The maximum atomic E-state index is 12.2. The van der Waals surface area contributed by atoms with E-state index in [0.29, 0.717) is 9.98 Å². The number of rotatable bonds is 1. The SMILES string of the molecule is CC1(C)C(=O)N(Cl)C(=O)N1C(=O)c1ccccc1. The van der Waals surface area contributed by atoms with Gasteiger partial charge in [0.05, 0.1) is 0 Å². The molecule has 1 saturated heterocycles. The Morgan fingerprint density at radius 1 is 1.17 bits per heavy atom. The minimum Gasteiger partial charge on any atom is -0.270 e. The van der Waals surface area contributed by atoms with Crippen LogP contribution < -0.4 is 0 Å². The summed E-state index contributed by atoms with van der Waals surface area (Å²) >= 11 is 5.56. The molecule has 1 heterocycles. The van der Waals surface area contributed by atoms with Crippen LogP contribution in [0.4, 0.5) is 4.79 Å². The lowest BCUT2D eigenvalue weighted by atomic mass is 10.0. The standard InChI is InChI=1S/C12H11ClN2O3/c1-12(2)10(17)15(13)11(18)14(12)9(16)8-6-4-3-5-7-8/h3-7H,1-2H3. The second-order valence-electron chi connectivity index (χ2n) is 4.43. The molecular weight excluding hydrogens is 256 g/mol. The van der Waals surface area contributed by atoms with Crippen LogP contribution in [0.2, 0.25) is 0 Å². The second-order valence-corrected chi connectivity index (χ2v) is 4.77. The molecule has 1 aliphatic heterocycles. The summed E-state index contributed by atoms with van der Waals surface area (Å²) in [5.41, 5.74) is -0.940. The third-order valence-electron chi connectivity index (χ3n) is 2.84. The first-order chi connectivity index (χ1) is 8.37. The average Bonchev–Trinajstić information content (AvgIpc) is 2.51. The highest BCUT2D eigenvalue weighted by Crippen LogP contribution is 2.30. The Balaban J connectivity index is 2.42. The molecule has 2 rings (SSSR count). The van der Waals surface area contributed by atoms with E-state index in [4.69, 9.17) is 11.8 Å². The van der Waals surface area contributed by atoms with Gasteiger partial charge in [-0.1, -0.05) is 18.2 Å². The first-order valence-electron chi connectivity index (χ1n) is 5.31. The van der Waals surface area contributed by atoms with Crippen molar-refractivity contribution in [2.45, 2.75) is 19.4 Å². The number of nitrogens with zero attached hydrogens (tertiary/aromatic N) is 2. The van der Waals surface area contributed by atoms with E-state index in [1.54, 1.807) is 30.3 Å². The van der Waals surface area contributed by atoms with Gasteiger partial charge in [0.2, 0.25) is 0 Å². The van der Waals surface area contributed by atoms with Crippen molar-refractivity contribution in [1.82, 2.24) is 9.32 Å². The van der Waals surface area contributed by atoms with Crippen molar-refractivity contribution in [2.24, 2.45) is 0 Å². The van der Waals surface area contributed by atoms with E-state index in [-0.39, 0.29) is 0 Å². The fraction of sp³-hybridized carbons (Fsp3) is 0.250. The van der Waals surface area contributed by atoms with Crippen molar-refractivity contribution in [1.29, 1.82) is 0 Å². The van der Waals surface area contributed by atoms with Crippen LogP contribution in [-0.2, 0) is 4.79 Å². The van der Waals surface area contributed by atoms with E-state index in [0.717, 1.165) is 4.90 Å². The highest BCUT2D eigenvalue weighted by Gasteiger charge is 2.54. The van der Waals surface area contributed by atoms with Crippen LogP contribution in [0, 0.1) is 0 Å². The molecule has 94 valence electrons. The van der Waals surface area contributed by atoms with E-state index < -0.39 is 23.4 Å². The Bertz CT molecular complexity index is 527. The lowest BCUT2D eigenvalue weighted by Crippen LogP contribution is -2.47. The molecule has 6 heteroatoms. The highest BCUT2D eigenvalue weighted by atomic mass is 35.5. The zero-order valence-electron chi connectivity index (χ0n) is 9.88. The fourth-order valence-corrected chi connectivity index (χ4v) is 2.08. The molecule has 1 aromatic carbocycles. The lowest BCUT2D eigenvalue weighted by Gasteiger charge is -2.25. The van der Waals surface area contributed by atoms with Gasteiger partial charge in [0.15, 0.2) is 0 Å². The number of benzene rings is 1. The molecular formula is C12H11ClN2O3. The second kappa shape index (κ2) is 4.10. The van der Waals surface area contributed by atoms with E-state index in [9.17, 15) is 14.4 Å². The maximum Gasteiger partial charge on any atom is 0.349 e. The van der Waals surface area contributed by atoms with Gasteiger partial charge >= 0.3 is 6.03 Å². The summed E-state index contributed by atoms with van der Waals surface area (Å²) < 4.78 is 0.445. The Labute approximate surface area is 109 Å². The van der Waals surface area contributed by atoms with Crippen molar-refractivity contribution in [2.75, 3.05) is 0 Å². The molecule has 4 amide bonds. The minimum absolute atomic E-state index is 0.332. The van der Waals surface area contributed by atoms with E-state index in [1.165, 1.54) is 13.8 Å². The van der Waals surface area contributed by atoms with Crippen LogP contribution in [0.15, 0.2) is 30.3 Å². The molecule has 0 aromatic heterocycles. The molecule has 0 bridgehead atoms. The van der Waals surface area contributed by atoms with Gasteiger partial charge in [-0.2, -0.15) is 4.42 Å². The van der Waals surface area contributed by atoms with Crippen molar-refractivity contribution in [3.05, 3.63) is 35.9 Å². The molecule has 0 atom stereocenters. The summed E-state index contributed by atoms with van der Waals surface area (Å²) in [6.45, 7) is 2.97. The van der Waals surface area contributed by atoms with Crippen LogP contribution in [0.25, 0.3) is 0 Å². The lowest BCUT2D eigenvalue weighted by molar-refractivity contribution is -0.128. The maximum absolute atomic E-state index is 12.2. The third-order valence-corrected chi connectivity index (χ3v) is 3.14. The molecule has 18 heavy (non-hydrogen) atoms. The van der Waals surface area contributed by atoms with Gasteiger partial charge in [-0.3, -0.25) is 9.59 Å². The van der Waals surface area contributed by atoms with E-state index in [1.807, 2.05) is 0 Å². The fourth-order valence-electron chi connectivity index (χ4n) is 1.80. The van der Waals surface area contributed by atoms with Crippen LogP contribution >= 0.6 is 11.8 Å². The first kappa shape index (κ1) is 12.6. The van der Waals surface area contributed by atoms with Crippen LogP contribution in [0.5, 0.6) is 0 Å². The van der Waals surface area contributed by atoms with Gasteiger partial charge in [-0.05, 0) is 26.0 Å². The predicted molar refractivity (Wildman–Crippen MR) is 64.8 cm³/mol. The smallest absolute Gasteiger partial charge is 0.270 e. The molecule has 5 nitrogen and oxygen atoms in total. The van der Waals surface area contributed by atoms with Gasteiger partial charge in [0, 0.05) is 17.3 Å². The zero-order valence-corrected chi connectivity index (χ0v) is 10.6. The van der Waals surface area contributed by atoms with Gasteiger partial charge in [0.1, 0.15) is 5.54 Å². The summed E-state index contributed by atoms with van der Waals surface area (Å²) in [5, 5.41) is 0. The Morgan fingerprint density at radius 2 is 1.72 bits per heavy atom. The normalized spacial score (nSPS) is 18.4. The van der Waals surface area contributed by atoms with Crippen molar-refractivity contribution in [3.63, 3.8) is 0 Å². The number of imide groups is 2. The molecule has 1 aromatic rings. The van der Waals surface area contributed by atoms with Gasteiger partial charge in [0.25, 0.3) is 11.8 Å². The monoisotopic (exact) mass is 266 g/mol. The molecule has 1 aliphatic rings. The summed E-state index contributed by atoms with van der Waals surface area (Å²) in [6, 6.07) is 7.45. The van der Waals surface area contributed by atoms with Gasteiger partial charge in [-0.15, -0.1) is 0 Å². The molecule has 0 aliphatic carbocycles. The van der Waals surface area contributed by atoms with Gasteiger partial charge in [-0.25, -0.2) is 9.69 Å². The Hall–Kier alpha value is -1.88. The number of urea groups is 1. The molecule has 0 saturated carbocycles. The minimum atomic E-state index is -1.27. The van der Waals surface area contributed by atoms with Crippen LogP contribution in [0.3, 0.4) is 0 Å². The van der Waals surface area contributed by atoms with Crippen LogP contribution in [-0.4, -0.2) is 32.7 Å². The number of hydrogen-bond acceptors (Lipinski definition) is 3. The quantitative estimate of drug-likeness (QED) is 0.577. The molecule has 0 N–H and O–H groups in total. The highest BCUT2D eigenvalue weighted by molar-refractivity contribution is 6.35. The number of halogens is 1. The van der Waals surface area contributed by atoms with Crippen molar-refractivity contribution in [3.8, 4) is 0 Å². The van der Waals surface area contributed by atoms with E-state index in [2.05, 4.69) is 0 Å². The third kappa shape index (κ3) is 1.67. The van der Waals surface area contributed by atoms with Gasteiger partial charge < -0.3 is 0 Å². The first-order valence-corrected chi connectivity index (χ1v) is 5.65. The number of amides is 4. The topological polar surface area (TPSA) is 57.7 Å². The molecule has 1 fully saturated rings. The van der Waals surface area contributed by atoms with Crippen LogP contribution in [0.1, 0.15) is 24.2 Å². The largest absolute Gasteiger partial charge is 0.349 e. The summed E-state index contributed by atoms with van der Waals surface area (Å²) in [5.74, 6) is -1.15. The summed E-state index contributed by atoms with van der Waals surface area (Å²) in [7, 11) is 0. The summed E-state index contributed by atoms with van der Waals surface area (Å²) in [4.78, 5) is 36.7. The van der Waals surface area contributed by atoms with Crippen molar-refractivity contribution >= 4 is 29.6 Å². The summed E-state index contributed by atoms with van der Waals surface area (Å²) in [6.07, 6.45) is 0. The molecule has 0 spiro atoms. The number of carbonyl (C=O) groups excluding carboxylic acids is 3.